The second-order valence-corrected chi connectivity index (χ2v) is 5.37. The minimum Gasteiger partial charge on any atom is -0.391 e. The number of aromatic nitrogens is 2. The summed E-state index contributed by atoms with van der Waals surface area (Å²) in [4.78, 5) is 0. The molecule has 0 aromatic carbocycles. The molecule has 1 aromatic rings. The molecule has 0 amide bonds. The summed E-state index contributed by atoms with van der Waals surface area (Å²) in [5.41, 5.74) is 3.57. The largest absolute Gasteiger partial charge is 0.391 e. The summed E-state index contributed by atoms with van der Waals surface area (Å²) >= 11 is 0. The lowest BCUT2D eigenvalue weighted by Crippen LogP contribution is -2.27. The number of hydrogen-bond acceptors (Lipinski definition) is 2. The fraction of sp³-hybridized carbons (Fsp3) is 0.786. The first-order valence-electron chi connectivity index (χ1n) is 6.81. The van der Waals surface area contributed by atoms with Gasteiger partial charge in [0.25, 0.3) is 0 Å². The minimum atomic E-state index is -0.229. The zero-order chi connectivity index (χ0) is 12.4. The van der Waals surface area contributed by atoms with Crippen LogP contribution < -0.4 is 0 Å². The first-order valence-corrected chi connectivity index (χ1v) is 6.81. The van der Waals surface area contributed by atoms with Crippen LogP contribution in [-0.2, 0) is 0 Å². The van der Waals surface area contributed by atoms with Crippen LogP contribution in [0.15, 0.2) is 0 Å². The topological polar surface area (TPSA) is 38.0 Å². The van der Waals surface area contributed by atoms with Gasteiger partial charge in [-0.25, -0.2) is 0 Å². The van der Waals surface area contributed by atoms with Gasteiger partial charge in [-0.05, 0) is 39.2 Å². The van der Waals surface area contributed by atoms with Crippen molar-refractivity contribution in [3.8, 4) is 0 Å². The highest BCUT2D eigenvalue weighted by molar-refractivity contribution is 5.22. The zero-order valence-corrected chi connectivity index (χ0v) is 11.2. The van der Waals surface area contributed by atoms with Crippen LogP contribution in [0.4, 0.5) is 0 Å². The maximum atomic E-state index is 10.3. The summed E-state index contributed by atoms with van der Waals surface area (Å²) in [6.07, 6.45) is 6.66. The second kappa shape index (κ2) is 5.21. The van der Waals surface area contributed by atoms with Gasteiger partial charge in [0.05, 0.1) is 17.8 Å². The minimum absolute atomic E-state index is 0.183. The Morgan fingerprint density at radius 3 is 2.29 bits per heavy atom. The number of aryl methyl sites for hydroxylation is 1. The molecule has 3 heteroatoms. The van der Waals surface area contributed by atoms with Crippen LogP contribution in [0.2, 0.25) is 0 Å². The molecule has 0 spiro atoms. The SMILES string of the molecule is Cc1nn(C2CCCCCCC2O)c(C)c1C. The van der Waals surface area contributed by atoms with E-state index < -0.39 is 0 Å². The van der Waals surface area contributed by atoms with E-state index in [1.807, 2.05) is 6.92 Å². The summed E-state index contributed by atoms with van der Waals surface area (Å²) in [6, 6.07) is 0.183. The molecule has 0 saturated heterocycles. The number of aliphatic hydroxyl groups is 1. The van der Waals surface area contributed by atoms with E-state index in [2.05, 4.69) is 23.6 Å². The molecule has 1 aliphatic carbocycles. The third kappa shape index (κ3) is 2.54. The molecule has 3 nitrogen and oxygen atoms in total. The molecule has 0 bridgehead atoms. The van der Waals surface area contributed by atoms with E-state index in [-0.39, 0.29) is 12.1 Å². The van der Waals surface area contributed by atoms with Crippen LogP contribution in [0.5, 0.6) is 0 Å². The van der Waals surface area contributed by atoms with E-state index >= 15 is 0 Å². The maximum Gasteiger partial charge on any atom is 0.0781 e. The fourth-order valence-corrected chi connectivity index (χ4v) is 2.80. The van der Waals surface area contributed by atoms with E-state index in [4.69, 9.17) is 0 Å². The summed E-state index contributed by atoms with van der Waals surface area (Å²) in [6.45, 7) is 6.28. The Kier molecular flexibility index (Phi) is 3.87. The Labute approximate surface area is 104 Å². The quantitative estimate of drug-likeness (QED) is 0.813. The van der Waals surface area contributed by atoms with Gasteiger partial charge < -0.3 is 5.11 Å². The summed E-state index contributed by atoms with van der Waals surface area (Å²) < 4.78 is 2.07. The van der Waals surface area contributed by atoms with Gasteiger partial charge >= 0.3 is 0 Å². The van der Waals surface area contributed by atoms with Crippen molar-refractivity contribution in [1.82, 2.24) is 9.78 Å². The Hall–Kier alpha value is -0.830. The van der Waals surface area contributed by atoms with Crippen molar-refractivity contribution >= 4 is 0 Å². The highest BCUT2D eigenvalue weighted by Gasteiger charge is 2.25. The fourth-order valence-electron chi connectivity index (χ4n) is 2.80. The van der Waals surface area contributed by atoms with Gasteiger partial charge in [0.1, 0.15) is 0 Å². The Bertz CT molecular complexity index is 384. The molecule has 1 heterocycles. The zero-order valence-electron chi connectivity index (χ0n) is 11.2. The molecule has 2 atom stereocenters. The normalized spacial score (nSPS) is 26.6. The molecule has 2 rings (SSSR count). The van der Waals surface area contributed by atoms with Crippen LogP contribution in [0.3, 0.4) is 0 Å². The van der Waals surface area contributed by atoms with Gasteiger partial charge in [0, 0.05) is 5.69 Å². The summed E-state index contributed by atoms with van der Waals surface area (Å²) in [7, 11) is 0. The number of rotatable bonds is 1. The van der Waals surface area contributed by atoms with E-state index in [1.165, 1.54) is 30.5 Å². The monoisotopic (exact) mass is 236 g/mol. The predicted octanol–water partition coefficient (Wildman–Crippen LogP) is 3.06. The highest BCUT2D eigenvalue weighted by Crippen LogP contribution is 2.28. The smallest absolute Gasteiger partial charge is 0.0781 e. The lowest BCUT2D eigenvalue weighted by atomic mass is 9.94. The summed E-state index contributed by atoms with van der Waals surface area (Å²) in [5, 5.41) is 14.9. The molecule has 1 saturated carbocycles. The van der Waals surface area contributed by atoms with Crippen molar-refractivity contribution in [1.29, 1.82) is 0 Å². The van der Waals surface area contributed by atoms with E-state index in [9.17, 15) is 5.11 Å². The average molecular weight is 236 g/mol. The molecule has 17 heavy (non-hydrogen) atoms. The molecule has 1 aliphatic rings. The van der Waals surface area contributed by atoms with Crippen molar-refractivity contribution in [2.75, 3.05) is 0 Å². The van der Waals surface area contributed by atoms with Crippen LogP contribution in [0.25, 0.3) is 0 Å². The molecule has 0 aliphatic heterocycles. The molecular formula is C14H24N2O. The third-order valence-corrected chi connectivity index (χ3v) is 4.19. The summed E-state index contributed by atoms with van der Waals surface area (Å²) in [5.74, 6) is 0. The number of hydrogen-bond donors (Lipinski definition) is 1. The van der Waals surface area contributed by atoms with Crippen LogP contribution >= 0.6 is 0 Å². The van der Waals surface area contributed by atoms with Crippen molar-refractivity contribution in [2.24, 2.45) is 0 Å². The van der Waals surface area contributed by atoms with E-state index in [0.29, 0.717) is 0 Å². The van der Waals surface area contributed by atoms with Gasteiger partial charge in [-0.2, -0.15) is 5.10 Å². The lowest BCUT2D eigenvalue weighted by Gasteiger charge is -2.26. The van der Waals surface area contributed by atoms with Gasteiger partial charge in [-0.1, -0.05) is 25.7 Å². The van der Waals surface area contributed by atoms with Crippen LogP contribution in [-0.4, -0.2) is 21.0 Å². The average Bonchev–Trinajstić information content (AvgIpc) is 2.52. The molecule has 96 valence electrons. The standard InChI is InChI=1S/C14H24N2O/c1-10-11(2)15-16(12(10)3)13-8-6-4-5-7-9-14(13)17/h13-14,17H,4-9H2,1-3H3. The van der Waals surface area contributed by atoms with Gasteiger partial charge in [0.2, 0.25) is 0 Å². The van der Waals surface area contributed by atoms with Gasteiger partial charge in [-0.3, -0.25) is 4.68 Å². The van der Waals surface area contributed by atoms with E-state index in [1.54, 1.807) is 0 Å². The molecule has 2 unspecified atom stereocenters. The molecule has 1 aromatic heterocycles. The van der Waals surface area contributed by atoms with Gasteiger partial charge in [0.15, 0.2) is 0 Å². The highest BCUT2D eigenvalue weighted by atomic mass is 16.3. The Balaban J connectivity index is 2.25. The third-order valence-electron chi connectivity index (χ3n) is 4.19. The van der Waals surface area contributed by atoms with Crippen molar-refractivity contribution in [3.05, 3.63) is 17.0 Å². The van der Waals surface area contributed by atoms with Crippen LogP contribution in [0.1, 0.15) is 61.5 Å². The van der Waals surface area contributed by atoms with Crippen LogP contribution in [0, 0.1) is 20.8 Å². The lowest BCUT2D eigenvalue weighted by molar-refractivity contribution is 0.0814. The molecule has 0 radical (unpaired) electrons. The van der Waals surface area contributed by atoms with E-state index in [0.717, 1.165) is 25.0 Å². The first kappa shape index (κ1) is 12.6. The predicted molar refractivity (Wildman–Crippen MR) is 69.2 cm³/mol. The van der Waals surface area contributed by atoms with Gasteiger partial charge in [-0.15, -0.1) is 0 Å². The Morgan fingerprint density at radius 1 is 1.06 bits per heavy atom. The number of nitrogens with zero attached hydrogens (tertiary/aromatic N) is 2. The maximum absolute atomic E-state index is 10.3. The number of aliphatic hydroxyl groups excluding tert-OH is 1. The van der Waals surface area contributed by atoms with Crippen molar-refractivity contribution in [2.45, 2.75) is 71.4 Å². The molecule has 1 N–H and O–H groups in total. The molecular weight excluding hydrogens is 212 g/mol. The first-order chi connectivity index (χ1) is 8.11. The Morgan fingerprint density at radius 2 is 1.71 bits per heavy atom. The van der Waals surface area contributed by atoms with Crippen molar-refractivity contribution in [3.63, 3.8) is 0 Å². The molecule has 1 fully saturated rings. The second-order valence-electron chi connectivity index (χ2n) is 5.37. The van der Waals surface area contributed by atoms with Crippen molar-refractivity contribution < 1.29 is 5.11 Å².